The summed E-state index contributed by atoms with van der Waals surface area (Å²) in [6, 6.07) is 8.50. The molecule has 2 aromatic rings. The standard InChI is InChI=1S/C16H18ClFN2/c1-2-11-6-7-13(20-10-11)8-12(19)9-14-15(17)4-3-5-16(14)18/h3-7,10,12H,2,8-9,19H2,1H3. The number of nitrogens with zero attached hydrogens (tertiary/aromatic N) is 1. The minimum atomic E-state index is -0.303. The summed E-state index contributed by atoms with van der Waals surface area (Å²) in [6.45, 7) is 2.09. The molecular formula is C16H18ClFN2. The van der Waals surface area contributed by atoms with Gasteiger partial charge in [-0.25, -0.2) is 4.39 Å². The van der Waals surface area contributed by atoms with E-state index in [0.717, 1.165) is 12.1 Å². The monoisotopic (exact) mass is 292 g/mol. The normalized spacial score (nSPS) is 12.4. The maximum Gasteiger partial charge on any atom is 0.127 e. The van der Waals surface area contributed by atoms with Gasteiger partial charge in [-0.05, 0) is 36.6 Å². The summed E-state index contributed by atoms with van der Waals surface area (Å²) in [4.78, 5) is 4.37. The fourth-order valence-corrected chi connectivity index (χ4v) is 2.36. The van der Waals surface area contributed by atoms with Crippen molar-refractivity contribution in [2.24, 2.45) is 5.73 Å². The van der Waals surface area contributed by atoms with Crippen LogP contribution < -0.4 is 5.73 Å². The molecule has 1 unspecified atom stereocenters. The second kappa shape index (κ2) is 6.82. The lowest BCUT2D eigenvalue weighted by molar-refractivity contribution is 0.581. The molecule has 0 radical (unpaired) electrons. The van der Waals surface area contributed by atoms with Crippen molar-refractivity contribution < 1.29 is 4.39 Å². The molecule has 106 valence electrons. The van der Waals surface area contributed by atoms with E-state index < -0.39 is 0 Å². The second-order valence-corrected chi connectivity index (χ2v) is 5.29. The lowest BCUT2D eigenvalue weighted by Crippen LogP contribution is -2.26. The Morgan fingerprint density at radius 1 is 1.25 bits per heavy atom. The number of nitrogens with two attached hydrogens (primary N) is 1. The average molecular weight is 293 g/mol. The molecule has 0 spiro atoms. The Morgan fingerprint density at radius 2 is 2.05 bits per heavy atom. The molecule has 1 aromatic carbocycles. The Kier molecular flexibility index (Phi) is 5.10. The van der Waals surface area contributed by atoms with Gasteiger partial charge in [-0.2, -0.15) is 0 Å². The zero-order valence-electron chi connectivity index (χ0n) is 11.4. The van der Waals surface area contributed by atoms with Crippen LogP contribution in [0.4, 0.5) is 4.39 Å². The molecular weight excluding hydrogens is 275 g/mol. The number of aryl methyl sites for hydroxylation is 1. The van der Waals surface area contributed by atoms with E-state index in [1.807, 2.05) is 18.3 Å². The first kappa shape index (κ1) is 14.9. The van der Waals surface area contributed by atoms with Gasteiger partial charge in [0.15, 0.2) is 0 Å². The van der Waals surface area contributed by atoms with Crippen molar-refractivity contribution in [3.63, 3.8) is 0 Å². The van der Waals surface area contributed by atoms with Gasteiger partial charge in [0.25, 0.3) is 0 Å². The molecule has 20 heavy (non-hydrogen) atoms. The van der Waals surface area contributed by atoms with Crippen molar-refractivity contribution in [1.29, 1.82) is 0 Å². The van der Waals surface area contributed by atoms with Gasteiger partial charge in [0.1, 0.15) is 5.82 Å². The number of pyridine rings is 1. The van der Waals surface area contributed by atoms with Crippen LogP contribution in [0, 0.1) is 5.82 Å². The van der Waals surface area contributed by atoms with Gasteiger partial charge in [0, 0.05) is 34.9 Å². The third kappa shape index (κ3) is 3.78. The summed E-state index contributed by atoms with van der Waals surface area (Å²) < 4.78 is 13.7. The molecule has 2 nitrogen and oxygen atoms in total. The maximum absolute atomic E-state index is 13.7. The molecule has 1 atom stereocenters. The fraction of sp³-hybridized carbons (Fsp3) is 0.312. The zero-order chi connectivity index (χ0) is 14.5. The van der Waals surface area contributed by atoms with Crippen LogP contribution in [0.3, 0.4) is 0 Å². The van der Waals surface area contributed by atoms with Gasteiger partial charge in [0.05, 0.1) is 0 Å². The summed E-state index contributed by atoms with van der Waals surface area (Å²) in [5.41, 5.74) is 8.67. The number of halogens is 2. The molecule has 0 aliphatic heterocycles. The Balaban J connectivity index is 2.03. The Morgan fingerprint density at radius 3 is 2.65 bits per heavy atom. The van der Waals surface area contributed by atoms with Crippen LogP contribution in [0.1, 0.15) is 23.7 Å². The van der Waals surface area contributed by atoms with Gasteiger partial charge in [-0.15, -0.1) is 0 Å². The van der Waals surface area contributed by atoms with Crippen molar-refractivity contribution in [3.8, 4) is 0 Å². The van der Waals surface area contributed by atoms with Crippen LogP contribution in [-0.4, -0.2) is 11.0 Å². The number of rotatable bonds is 5. The van der Waals surface area contributed by atoms with Gasteiger partial charge in [0.2, 0.25) is 0 Å². The lowest BCUT2D eigenvalue weighted by atomic mass is 10.0. The average Bonchev–Trinajstić information content (AvgIpc) is 2.44. The number of hydrogen-bond donors (Lipinski definition) is 1. The van der Waals surface area contributed by atoms with Crippen molar-refractivity contribution in [2.45, 2.75) is 32.2 Å². The van der Waals surface area contributed by atoms with E-state index in [4.69, 9.17) is 17.3 Å². The fourth-order valence-electron chi connectivity index (χ4n) is 2.12. The van der Waals surface area contributed by atoms with Crippen LogP contribution in [0.25, 0.3) is 0 Å². The molecule has 2 rings (SSSR count). The molecule has 0 bridgehead atoms. The first-order valence-electron chi connectivity index (χ1n) is 6.72. The van der Waals surface area contributed by atoms with E-state index in [2.05, 4.69) is 11.9 Å². The van der Waals surface area contributed by atoms with Gasteiger partial charge in [-0.1, -0.05) is 30.7 Å². The third-order valence-electron chi connectivity index (χ3n) is 3.29. The highest BCUT2D eigenvalue weighted by atomic mass is 35.5. The largest absolute Gasteiger partial charge is 0.327 e. The molecule has 0 amide bonds. The van der Waals surface area contributed by atoms with Crippen LogP contribution in [0.2, 0.25) is 5.02 Å². The van der Waals surface area contributed by atoms with Crippen molar-refractivity contribution in [2.75, 3.05) is 0 Å². The van der Waals surface area contributed by atoms with Crippen LogP contribution in [0.15, 0.2) is 36.5 Å². The van der Waals surface area contributed by atoms with E-state index in [1.165, 1.54) is 11.6 Å². The maximum atomic E-state index is 13.7. The highest BCUT2D eigenvalue weighted by Crippen LogP contribution is 2.20. The van der Waals surface area contributed by atoms with Crippen LogP contribution in [-0.2, 0) is 19.3 Å². The minimum Gasteiger partial charge on any atom is -0.327 e. The zero-order valence-corrected chi connectivity index (χ0v) is 12.2. The smallest absolute Gasteiger partial charge is 0.127 e. The van der Waals surface area contributed by atoms with E-state index >= 15 is 0 Å². The second-order valence-electron chi connectivity index (χ2n) is 4.88. The number of hydrogen-bond acceptors (Lipinski definition) is 2. The third-order valence-corrected chi connectivity index (χ3v) is 3.65. The first-order valence-corrected chi connectivity index (χ1v) is 7.10. The van der Waals surface area contributed by atoms with E-state index in [9.17, 15) is 4.39 Å². The van der Waals surface area contributed by atoms with E-state index in [1.54, 1.807) is 12.1 Å². The summed E-state index contributed by atoms with van der Waals surface area (Å²) in [7, 11) is 0. The molecule has 4 heteroatoms. The molecule has 0 fully saturated rings. The topological polar surface area (TPSA) is 38.9 Å². The highest BCUT2D eigenvalue weighted by molar-refractivity contribution is 6.31. The van der Waals surface area contributed by atoms with Crippen molar-refractivity contribution >= 4 is 11.6 Å². The summed E-state index contributed by atoms with van der Waals surface area (Å²) in [5.74, 6) is -0.303. The molecule has 0 saturated heterocycles. The SMILES string of the molecule is CCc1ccc(CC(N)Cc2c(F)cccc2Cl)nc1. The first-order chi connectivity index (χ1) is 9.60. The highest BCUT2D eigenvalue weighted by Gasteiger charge is 2.12. The molecule has 1 heterocycles. The van der Waals surface area contributed by atoms with Crippen LogP contribution >= 0.6 is 11.6 Å². The van der Waals surface area contributed by atoms with Crippen molar-refractivity contribution in [3.05, 3.63) is 64.2 Å². The van der Waals surface area contributed by atoms with E-state index in [-0.39, 0.29) is 11.9 Å². The number of aromatic nitrogens is 1. The molecule has 1 aromatic heterocycles. The van der Waals surface area contributed by atoms with Gasteiger partial charge in [-0.3, -0.25) is 4.98 Å². The Bertz CT molecular complexity index is 549. The van der Waals surface area contributed by atoms with E-state index in [0.29, 0.717) is 23.4 Å². The summed E-state index contributed by atoms with van der Waals surface area (Å²) in [5, 5.41) is 0.426. The summed E-state index contributed by atoms with van der Waals surface area (Å²) in [6.07, 6.45) is 3.83. The molecule has 2 N–H and O–H groups in total. The van der Waals surface area contributed by atoms with Gasteiger partial charge < -0.3 is 5.73 Å². The van der Waals surface area contributed by atoms with Crippen LogP contribution in [0.5, 0.6) is 0 Å². The summed E-state index contributed by atoms with van der Waals surface area (Å²) >= 11 is 6.00. The number of benzene rings is 1. The van der Waals surface area contributed by atoms with Crippen molar-refractivity contribution in [1.82, 2.24) is 4.98 Å². The molecule has 0 aliphatic rings. The predicted octanol–water partition coefficient (Wildman–Crippen LogP) is 3.55. The Hall–Kier alpha value is -1.45. The Labute approximate surface area is 123 Å². The predicted molar refractivity (Wildman–Crippen MR) is 80.4 cm³/mol. The minimum absolute atomic E-state index is 0.204. The quantitative estimate of drug-likeness (QED) is 0.915. The van der Waals surface area contributed by atoms with Gasteiger partial charge >= 0.3 is 0 Å². The molecule has 0 saturated carbocycles. The molecule has 0 aliphatic carbocycles. The lowest BCUT2D eigenvalue weighted by Gasteiger charge is -2.13.